The van der Waals surface area contributed by atoms with E-state index in [1.54, 1.807) is 0 Å². The van der Waals surface area contributed by atoms with Crippen molar-refractivity contribution in [1.82, 2.24) is 0 Å². The van der Waals surface area contributed by atoms with Gasteiger partial charge in [0.1, 0.15) is 0 Å². The van der Waals surface area contributed by atoms with Crippen LogP contribution < -0.4 is 0 Å². The van der Waals surface area contributed by atoms with Gasteiger partial charge in [-0.25, -0.2) is 0 Å². The average Bonchev–Trinajstić information content (AvgIpc) is 2.24. The summed E-state index contributed by atoms with van der Waals surface area (Å²) in [6.45, 7) is 0. The molecular formula is C13H22O2. The zero-order valence-corrected chi connectivity index (χ0v) is 9.45. The fourth-order valence-corrected chi connectivity index (χ4v) is 2.25. The Morgan fingerprint density at radius 2 is 1.80 bits per heavy atom. The van der Waals surface area contributed by atoms with Gasteiger partial charge in [0.2, 0.25) is 0 Å². The summed E-state index contributed by atoms with van der Waals surface area (Å²) in [6.07, 6.45) is 14.6. The maximum Gasteiger partial charge on any atom is 0.303 e. The quantitative estimate of drug-likeness (QED) is 0.678. The van der Waals surface area contributed by atoms with Crippen molar-refractivity contribution in [3.63, 3.8) is 0 Å². The number of rotatable bonds is 6. The second kappa shape index (κ2) is 7.49. The van der Waals surface area contributed by atoms with Gasteiger partial charge in [-0.05, 0) is 25.2 Å². The van der Waals surface area contributed by atoms with Gasteiger partial charge in [0.05, 0.1) is 0 Å². The molecule has 15 heavy (non-hydrogen) atoms. The summed E-state index contributed by atoms with van der Waals surface area (Å²) in [6, 6.07) is 0. The van der Waals surface area contributed by atoms with Crippen LogP contribution in [-0.2, 0) is 4.79 Å². The Morgan fingerprint density at radius 1 is 1.13 bits per heavy atom. The van der Waals surface area contributed by atoms with E-state index in [-0.39, 0.29) is 6.42 Å². The fraction of sp³-hybridized carbons (Fsp3) is 0.769. The van der Waals surface area contributed by atoms with E-state index in [0.29, 0.717) is 6.42 Å². The van der Waals surface area contributed by atoms with E-state index in [1.165, 1.54) is 38.5 Å². The molecule has 86 valence electrons. The van der Waals surface area contributed by atoms with Crippen LogP contribution in [-0.4, -0.2) is 11.1 Å². The van der Waals surface area contributed by atoms with Crippen molar-refractivity contribution in [3.05, 3.63) is 12.2 Å². The third kappa shape index (κ3) is 6.32. The molecule has 0 aromatic rings. The average molecular weight is 210 g/mol. The molecule has 0 radical (unpaired) electrons. The summed E-state index contributed by atoms with van der Waals surface area (Å²) in [5, 5.41) is 8.44. The molecule has 1 aliphatic carbocycles. The topological polar surface area (TPSA) is 37.3 Å². The minimum atomic E-state index is -0.702. The molecule has 0 amide bonds. The monoisotopic (exact) mass is 210 g/mol. The van der Waals surface area contributed by atoms with E-state index in [2.05, 4.69) is 6.08 Å². The third-order valence-electron chi connectivity index (χ3n) is 3.16. The highest BCUT2D eigenvalue weighted by Gasteiger charge is 2.11. The van der Waals surface area contributed by atoms with Gasteiger partial charge in [-0.1, -0.05) is 44.3 Å². The van der Waals surface area contributed by atoms with Gasteiger partial charge in [-0.3, -0.25) is 4.79 Å². The summed E-state index contributed by atoms with van der Waals surface area (Å²) in [4.78, 5) is 10.2. The predicted molar refractivity (Wildman–Crippen MR) is 61.8 cm³/mol. The van der Waals surface area contributed by atoms with Crippen molar-refractivity contribution in [3.8, 4) is 0 Å². The minimum absolute atomic E-state index is 0.264. The van der Waals surface area contributed by atoms with Crippen LogP contribution in [0.4, 0.5) is 0 Å². The first kappa shape index (κ1) is 12.3. The number of aliphatic carboxylic acids is 1. The van der Waals surface area contributed by atoms with E-state index in [1.807, 2.05) is 6.08 Å². The molecule has 0 unspecified atom stereocenters. The smallest absolute Gasteiger partial charge is 0.303 e. The number of allylic oxidation sites excluding steroid dienone is 2. The van der Waals surface area contributed by atoms with Crippen LogP contribution in [0.2, 0.25) is 0 Å². The summed E-state index contributed by atoms with van der Waals surface area (Å²) in [7, 11) is 0. The Balaban J connectivity index is 1.97. The van der Waals surface area contributed by atoms with Crippen molar-refractivity contribution in [2.45, 2.75) is 57.8 Å². The lowest BCUT2D eigenvalue weighted by Gasteiger charge is -2.20. The Hall–Kier alpha value is -0.790. The standard InChI is InChI=1S/C13H22O2/c14-13(15)11-7-2-1-4-8-12-9-5-3-6-10-12/h1-2,12H,3-11H2,(H,14,15). The maximum atomic E-state index is 10.2. The van der Waals surface area contributed by atoms with Gasteiger partial charge in [-0.2, -0.15) is 0 Å². The summed E-state index contributed by atoms with van der Waals surface area (Å²) >= 11 is 0. The Bertz CT molecular complexity index is 203. The number of hydrogen-bond acceptors (Lipinski definition) is 1. The van der Waals surface area contributed by atoms with E-state index in [4.69, 9.17) is 5.11 Å². The van der Waals surface area contributed by atoms with Crippen LogP contribution in [0.25, 0.3) is 0 Å². The van der Waals surface area contributed by atoms with Crippen LogP contribution in [0, 0.1) is 5.92 Å². The van der Waals surface area contributed by atoms with Gasteiger partial charge in [0.25, 0.3) is 0 Å². The first-order valence-electron chi connectivity index (χ1n) is 6.16. The zero-order chi connectivity index (χ0) is 10.9. The summed E-state index contributed by atoms with van der Waals surface area (Å²) in [5.41, 5.74) is 0. The van der Waals surface area contributed by atoms with Crippen LogP contribution in [0.3, 0.4) is 0 Å². The van der Waals surface area contributed by atoms with Crippen LogP contribution >= 0.6 is 0 Å². The molecule has 1 fully saturated rings. The molecule has 1 saturated carbocycles. The van der Waals surface area contributed by atoms with Gasteiger partial charge in [0, 0.05) is 6.42 Å². The minimum Gasteiger partial charge on any atom is -0.481 e. The zero-order valence-electron chi connectivity index (χ0n) is 9.45. The molecule has 0 aromatic carbocycles. The molecule has 2 nitrogen and oxygen atoms in total. The highest BCUT2D eigenvalue weighted by atomic mass is 16.4. The lowest BCUT2D eigenvalue weighted by atomic mass is 9.86. The number of hydrogen-bond donors (Lipinski definition) is 1. The number of carbonyl (C=O) groups is 1. The molecular weight excluding hydrogens is 188 g/mol. The Kier molecular flexibility index (Phi) is 6.14. The molecule has 0 aromatic heterocycles. The Labute approximate surface area is 92.4 Å². The molecule has 0 saturated heterocycles. The van der Waals surface area contributed by atoms with Gasteiger partial charge in [0.15, 0.2) is 0 Å². The highest BCUT2D eigenvalue weighted by Crippen LogP contribution is 2.27. The lowest BCUT2D eigenvalue weighted by molar-refractivity contribution is -0.136. The largest absolute Gasteiger partial charge is 0.481 e. The molecule has 0 spiro atoms. The fourth-order valence-electron chi connectivity index (χ4n) is 2.25. The van der Waals surface area contributed by atoms with Crippen LogP contribution in [0.5, 0.6) is 0 Å². The van der Waals surface area contributed by atoms with Crippen molar-refractivity contribution in [2.24, 2.45) is 5.92 Å². The number of carboxylic acids is 1. The van der Waals surface area contributed by atoms with E-state index in [0.717, 1.165) is 12.3 Å². The Morgan fingerprint density at radius 3 is 2.47 bits per heavy atom. The van der Waals surface area contributed by atoms with Gasteiger partial charge in [-0.15, -0.1) is 0 Å². The molecule has 0 bridgehead atoms. The second-order valence-corrected chi connectivity index (χ2v) is 4.49. The lowest BCUT2D eigenvalue weighted by Crippen LogP contribution is -2.05. The molecule has 0 aliphatic heterocycles. The molecule has 1 N–H and O–H groups in total. The van der Waals surface area contributed by atoms with Crippen LogP contribution in [0.15, 0.2) is 12.2 Å². The highest BCUT2D eigenvalue weighted by molar-refractivity contribution is 5.66. The predicted octanol–water partition coefficient (Wildman–Crippen LogP) is 3.77. The van der Waals surface area contributed by atoms with Gasteiger partial charge >= 0.3 is 5.97 Å². The van der Waals surface area contributed by atoms with E-state index in [9.17, 15) is 4.79 Å². The van der Waals surface area contributed by atoms with Crippen molar-refractivity contribution < 1.29 is 9.90 Å². The first-order valence-corrected chi connectivity index (χ1v) is 6.16. The molecule has 0 heterocycles. The van der Waals surface area contributed by atoms with E-state index < -0.39 is 5.97 Å². The van der Waals surface area contributed by atoms with Crippen LogP contribution in [0.1, 0.15) is 57.8 Å². The van der Waals surface area contributed by atoms with E-state index >= 15 is 0 Å². The SMILES string of the molecule is O=C(O)CCC=CCCC1CCCCC1. The van der Waals surface area contributed by atoms with Crippen molar-refractivity contribution in [1.29, 1.82) is 0 Å². The second-order valence-electron chi connectivity index (χ2n) is 4.49. The molecule has 1 aliphatic rings. The number of carboxylic acid groups (broad SMARTS) is 1. The maximum absolute atomic E-state index is 10.2. The molecule has 1 rings (SSSR count). The molecule has 2 heteroatoms. The third-order valence-corrected chi connectivity index (χ3v) is 3.16. The normalized spacial score (nSPS) is 18.4. The van der Waals surface area contributed by atoms with Gasteiger partial charge < -0.3 is 5.11 Å². The first-order chi connectivity index (χ1) is 7.29. The van der Waals surface area contributed by atoms with Crippen molar-refractivity contribution >= 4 is 5.97 Å². The summed E-state index contributed by atoms with van der Waals surface area (Å²) in [5.74, 6) is 0.231. The molecule has 0 atom stereocenters. The van der Waals surface area contributed by atoms with Crippen molar-refractivity contribution in [2.75, 3.05) is 0 Å². The summed E-state index contributed by atoms with van der Waals surface area (Å²) < 4.78 is 0.